The highest BCUT2D eigenvalue weighted by Gasteiger charge is 2.27. The van der Waals surface area contributed by atoms with Crippen LogP contribution in [0.4, 0.5) is 0 Å². The number of carbonyl (C=O) groups is 2. The molecule has 3 aromatic rings. The number of ether oxygens (including phenoxy) is 1. The molecule has 0 bridgehead atoms. The van der Waals surface area contributed by atoms with Crippen LogP contribution in [-0.4, -0.2) is 27.3 Å². The maximum atomic E-state index is 12.5. The normalized spacial score (nSPS) is 12.1. The number of aryl methyl sites for hydroxylation is 1. The topological polar surface area (TPSA) is 103 Å². The first-order chi connectivity index (χ1) is 13.4. The Morgan fingerprint density at radius 1 is 1.29 bits per heavy atom. The number of carbonyl (C=O) groups excluding carboxylic acids is 2. The number of hydrogen-bond acceptors (Lipinski definition) is 6. The van der Waals surface area contributed by atoms with E-state index in [2.05, 4.69) is 10.3 Å². The summed E-state index contributed by atoms with van der Waals surface area (Å²) in [6.45, 7) is 5.26. The predicted molar refractivity (Wildman–Crippen MR) is 101 cm³/mol. The van der Waals surface area contributed by atoms with Gasteiger partial charge in [0.15, 0.2) is 5.76 Å². The molecule has 1 amide bonds. The second kappa shape index (κ2) is 8.08. The van der Waals surface area contributed by atoms with Gasteiger partial charge in [-0.05, 0) is 36.6 Å². The van der Waals surface area contributed by atoms with Gasteiger partial charge in [-0.15, -0.1) is 0 Å². The number of pyridine rings is 1. The number of nitrogens with zero attached hydrogens (tertiary/aromatic N) is 2. The number of fused-ring (bicyclic) bond motifs is 1. The van der Waals surface area contributed by atoms with Crippen molar-refractivity contribution in [3.05, 3.63) is 70.2 Å². The van der Waals surface area contributed by atoms with Crippen LogP contribution in [0.5, 0.6) is 0 Å². The zero-order valence-corrected chi connectivity index (χ0v) is 15.8. The van der Waals surface area contributed by atoms with Gasteiger partial charge in [0, 0.05) is 12.3 Å². The summed E-state index contributed by atoms with van der Waals surface area (Å²) in [7, 11) is 0. The van der Waals surface area contributed by atoms with Crippen molar-refractivity contribution in [3.8, 4) is 0 Å². The number of hydrogen-bond donors (Lipinski definition) is 1. The summed E-state index contributed by atoms with van der Waals surface area (Å²) in [6.07, 6.45) is 3.01. The number of amides is 1. The number of nitrogens with one attached hydrogen (secondary N) is 1. The van der Waals surface area contributed by atoms with Crippen LogP contribution in [0.1, 0.15) is 35.7 Å². The third kappa shape index (κ3) is 4.11. The lowest BCUT2D eigenvalue weighted by Gasteiger charge is -2.20. The van der Waals surface area contributed by atoms with E-state index in [9.17, 15) is 14.4 Å². The SMILES string of the molecule is Cc1cccn2c(=O)cc(COC(=O)[C@@H](NC(=O)c3ccco3)C(C)C)nc12. The first kappa shape index (κ1) is 19.3. The van der Waals surface area contributed by atoms with Crippen molar-refractivity contribution in [2.24, 2.45) is 5.92 Å². The van der Waals surface area contributed by atoms with E-state index in [1.165, 1.54) is 22.8 Å². The Bertz CT molecular complexity index is 1050. The number of furan rings is 1. The molecule has 0 fully saturated rings. The minimum Gasteiger partial charge on any atom is -0.459 e. The molecule has 146 valence electrons. The van der Waals surface area contributed by atoms with Gasteiger partial charge in [-0.3, -0.25) is 14.0 Å². The van der Waals surface area contributed by atoms with Crippen LogP contribution in [0.3, 0.4) is 0 Å². The minimum atomic E-state index is -0.860. The van der Waals surface area contributed by atoms with Gasteiger partial charge in [0.05, 0.1) is 12.0 Å². The summed E-state index contributed by atoms with van der Waals surface area (Å²) >= 11 is 0. The van der Waals surface area contributed by atoms with E-state index >= 15 is 0 Å². The van der Waals surface area contributed by atoms with Gasteiger partial charge in [0.25, 0.3) is 11.5 Å². The van der Waals surface area contributed by atoms with Gasteiger partial charge < -0.3 is 14.5 Å². The highest BCUT2D eigenvalue weighted by Crippen LogP contribution is 2.10. The minimum absolute atomic E-state index is 0.109. The molecule has 0 aliphatic rings. The number of aromatic nitrogens is 2. The van der Waals surface area contributed by atoms with E-state index in [0.717, 1.165) is 5.56 Å². The Morgan fingerprint density at radius 3 is 2.75 bits per heavy atom. The fourth-order valence-corrected chi connectivity index (χ4v) is 2.74. The third-order valence-corrected chi connectivity index (χ3v) is 4.25. The van der Waals surface area contributed by atoms with Crippen LogP contribution >= 0.6 is 0 Å². The van der Waals surface area contributed by atoms with Crippen LogP contribution in [0.25, 0.3) is 5.65 Å². The van der Waals surface area contributed by atoms with E-state index in [1.54, 1.807) is 32.2 Å². The Labute approximate surface area is 161 Å². The van der Waals surface area contributed by atoms with Crippen molar-refractivity contribution in [3.63, 3.8) is 0 Å². The summed E-state index contributed by atoms with van der Waals surface area (Å²) in [5.41, 5.74) is 1.42. The number of rotatable bonds is 6. The first-order valence-corrected chi connectivity index (χ1v) is 8.85. The Kier molecular flexibility index (Phi) is 5.58. The molecule has 3 rings (SSSR count). The predicted octanol–water partition coefficient (Wildman–Crippen LogP) is 2.09. The molecule has 3 aromatic heterocycles. The lowest BCUT2D eigenvalue weighted by molar-refractivity contribution is -0.148. The molecule has 0 unspecified atom stereocenters. The fraction of sp³-hybridized carbons (Fsp3) is 0.300. The monoisotopic (exact) mass is 383 g/mol. The van der Waals surface area contributed by atoms with Gasteiger partial charge in [-0.2, -0.15) is 0 Å². The molecule has 0 aromatic carbocycles. The lowest BCUT2D eigenvalue weighted by atomic mass is 10.0. The summed E-state index contributed by atoms with van der Waals surface area (Å²) in [6, 6.07) is 7.17. The Balaban J connectivity index is 1.72. The zero-order chi connectivity index (χ0) is 20.3. The average molecular weight is 383 g/mol. The van der Waals surface area contributed by atoms with Crippen molar-refractivity contribution < 1.29 is 18.7 Å². The molecule has 0 aliphatic carbocycles. The molecular formula is C20H21N3O5. The van der Waals surface area contributed by atoms with E-state index in [4.69, 9.17) is 9.15 Å². The van der Waals surface area contributed by atoms with Crippen molar-refractivity contribution in [2.45, 2.75) is 33.4 Å². The maximum Gasteiger partial charge on any atom is 0.329 e. The summed E-state index contributed by atoms with van der Waals surface area (Å²) in [5, 5.41) is 2.61. The lowest BCUT2D eigenvalue weighted by Crippen LogP contribution is -2.45. The summed E-state index contributed by atoms with van der Waals surface area (Å²) in [4.78, 5) is 41.3. The Morgan fingerprint density at radius 2 is 2.07 bits per heavy atom. The van der Waals surface area contributed by atoms with Gasteiger partial charge in [0.1, 0.15) is 18.3 Å². The molecule has 0 saturated carbocycles. The third-order valence-electron chi connectivity index (χ3n) is 4.25. The smallest absolute Gasteiger partial charge is 0.329 e. The van der Waals surface area contributed by atoms with Crippen LogP contribution < -0.4 is 10.9 Å². The molecule has 0 aliphatic heterocycles. The Hall–Kier alpha value is -3.42. The largest absolute Gasteiger partial charge is 0.459 e. The fourth-order valence-electron chi connectivity index (χ4n) is 2.74. The van der Waals surface area contributed by atoms with Gasteiger partial charge in [0.2, 0.25) is 0 Å². The molecule has 0 saturated heterocycles. The van der Waals surface area contributed by atoms with Crippen LogP contribution in [-0.2, 0) is 16.1 Å². The molecule has 3 heterocycles. The number of esters is 1. The molecule has 8 nitrogen and oxygen atoms in total. The summed E-state index contributed by atoms with van der Waals surface area (Å²) < 4.78 is 11.8. The highest BCUT2D eigenvalue weighted by atomic mass is 16.5. The molecule has 0 radical (unpaired) electrons. The van der Waals surface area contributed by atoms with E-state index in [0.29, 0.717) is 11.3 Å². The average Bonchev–Trinajstić information content (AvgIpc) is 3.19. The van der Waals surface area contributed by atoms with E-state index in [-0.39, 0.29) is 23.8 Å². The van der Waals surface area contributed by atoms with Crippen molar-refractivity contribution in [2.75, 3.05) is 0 Å². The van der Waals surface area contributed by atoms with Gasteiger partial charge in [-0.1, -0.05) is 19.9 Å². The molecule has 1 N–H and O–H groups in total. The van der Waals surface area contributed by atoms with Crippen LogP contribution in [0.2, 0.25) is 0 Å². The second-order valence-electron chi connectivity index (χ2n) is 6.75. The second-order valence-corrected chi connectivity index (χ2v) is 6.75. The maximum absolute atomic E-state index is 12.5. The highest BCUT2D eigenvalue weighted by molar-refractivity contribution is 5.94. The van der Waals surface area contributed by atoms with E-state index in [1.807, 2.05) is 13.0 Å². The first-order valence-electron chi connectivity index (χ1n) is 8.85. The molecular weight excluding hydrogens is 362 g/mol. The summed E-state index contributed by atoms with van der Waals surface area (Å²) in [5.74, 6) is -1.21. The van der Waals surface area contributed by atoms with Crippen LogP contribution in [0.15, 0.2) is 52.0 Å². The standard InChI is InChI=1S/C20H21N3O5/c1-12(2)17(22-19(25)15-7-5-9-27-15)20(26)28-11-14-10-16(24)23-8-4-6-13(3)18(23)21-14/h4-10,12,17H,11H2,1-3H3,(H,22,25)/t17-/m0/s1. The zero-order valence-electron chi connectivity index (χ0n) is 15.8. The van der Waals surface area contributed by atoms with Gasteiger partial charge >= 0.3 is 5.97 Å². The molecule has 28 heavy (non-hydrogen) atoms. The van der Waals surface area contributed by atoms with Crippen molar-refractivity contribution in [1.82, 2.24) is 14.7 Å². The molecule has 0 spiro atoms. The van der Waals surface area contributed by atoms with E-state index < -0.39 is 17.9 Å². The van der Waals surface area contributed by atoms with Gasteiger partial charge in [-0.25, -0.2) is 9.78 Å². The van der Waals surface area contributed by atoms with Crippen molar-refractivity contribution in [1.29, 1.82) is 0 Å². The molecule has 1 atom stereocenters. The molecule has 8 heteroatoms. The quantitative estimate of drug-likeness (QED) is 0.654. The van der Waals surface area contributed by atoms with Crippen LogP contribution in [0, 0.1) is 12.8 Å². The van der Waals surface area contributed by atoms with Crippen molar-refractivity contribution >= 4 is 17.5 Å².